The third-order valence-corrected chi connectivity index (χ3v) is 3.70. The number of oxazole rings is 1. The van der Waals surface area contributed by atoms with Gasteiger partial charge in [0.2, 0.25) is 5.76 Å². The van der Waals surface area contributed by atoms with E-state index in [0.717, 1.165) is 11.9 Å². The molecule has 114 valence electrons. The second-order valence-corrected chi connectivity index (χ2v) is 5.59. The lowest BCUT2D eigenvalue weighted by molar-refractivity contribution is 0.0924. The molecule has 3 aromatic rings. The van der Waals surface area contributed by atoms with Gasteiger partial charge in [-0.1, -0.05) is 32.0 Å². The summed E-state index contributed by atoms with van der Waals surface area (Å²) >= 11 is 0. The first-order valence-electron chi connectivity index (χ1n) is 7.43. The lowest BCUT2D eigenvalue weighted by Gasteiger charge is -2.05. The number of rotatable bonds is 5. The summed E-state index contributed by atoms with van der Waals surface area (Å²) in [4.78, 5) is 19.5. The molecule has 0 saturated heterocycles. The zero-order valence-electron chi connectivity index (χ0n) is 12.7. The van der Waals surface area contributed by atoms with E-state index >= 15 is 0 Å². The van der Waals surface area contributed by atoms with Crippen LogP contribution in [0.3, 0.4) is 0 Å². The van der Waals surface area contributed by atoms with Crippen molar-refractivity contribution >= 4 is 16.8 Å². The van der Waals surface area contributed by atoms with Crippen LogP contribution in [0.4, 0.5) is 0 Å². The van der Waals surface area contributed by atoms with Gasteiger partial charge in [-0.25, -0.2) is 4.98 Å². The summed E-state index contributed by atoms with van der Waals surface area (Å²) in [6, 6.07) is 8.14. The number of amides is 1. The molecule has 0 aliphatic rings. The highest BCUT2D eigenvalue weighted by molar-refractivity contribution is 5.92. The van der Waals surface area contributed by atoms with Gasteiger partial charge in [-0.3, -0.25) is 4.79 Å². The molecule has 1 aromatic carbocycles. The quantitative estimate of drug-likeness (QED) is 0.759. The second kappa shape index (κ2) is 6.05. The second-order valence-electron chi connectivity index (χ2n) is 5.59. The van der Waals surface area contributed by atoms with E-state index in [1.165, 1.54) is 17.3 Å². The molecule has 5 heteroatoms. The van der Waals surface area contributed by atoms with E-state index in [4.69, 9.17) is 4.42 Å². The number of hydrogen-bond donors (Lipinski definition) is 2. The fourth-order valence-electron chi connectivity index (χ4n) is 2.57. The van der Waals surface area contributed by atoms with Crippen molar-refractivity contribution in [3.8, 4) is 0 Å². The van der Waals surface area contributed by atoms with E-state index < -0.39 is 0 Å². The van der Waals surface area contributed by atoms with Gasteiger partial charge in [0.1, 0.15) is 0 Å². The molecule has 0 unspecified atom stereocenters. The molecular weight excluding hydrogens is 278 g/mol. The van der Waals surface area contributed by atoms with Crippen molar-refractivity contribution in [3.05, 3.63) is 53.9 Å². The molecule has 1 amide bonds. The molecule has 0 radical (unpaired) electrons. The van der Waals surface area contributed by atoms with Gasteiger partial charge in [-0.05, 0) is 24.0 Å². The highest BCUT2D eigenvalue weighted by Gasteiger charge is 2.18. The number of aromatic nitrogens is 2. The zero-order valence-corrected chi connectivity index (χ0v) is 12.7. The van der Waals surface area contributed by atoms with Crippen LogP contribution < -0.4 is 5.32 Å². The minimum Gasteiger partial charge on any atom is -0.438 e. The Morgan fingerprint density at radius 3 is 3.00 bits per heavy atom. The molecule has 0 aliphatic heterocycles. The topological polar surface area (TPSA) is 70.9 Å². The van der Waals surface area contributed by atoms with Crippen molar-refractivity contribution in [2.75, 3.05) is 6.54 Å². The maximum Gasteiger partial charge on any atom is 0.289 e. The summed E-state index contributed by atoms with van der Waals surface area (Å²) in [5.74, 6) is 0.267. The molecule has 0 atom stereocenters. The van der Waals surface area contributed by atoms with Crippen LogP contribution in [-0.4, -0.2) is 22.4 Å². The first kappa shape index (κ1) is 14.4. The van der Waals surface area contributed by atoms with Crippen LogP contribution in [0.25, 0.3) is 10.9 Å². The van der Waals surface area contributed by atoms with Gasteiger partial charge in [0.05, 0.1) is 5.69 Å². The Hall–Kier alpha value is -2.56. The first-order chi connectivity index (χ1) is 10.7. The van der Waals surface area contributed by atoms with Crippen LogP contribution in [0.1, 0.15) is 41.6 Å². The van der Waals surface area contributed by atoms with Crippen LogP contribution in [0.5, 0.6) is 0 Å². The number of carbonyl (C=O) groups is 1. The number of carbonyl (C=O) groups excluding carboxylic acids is 1. The van der Waals surface area contributed by atoms with Crippen molar-refractivity contribution in [1.29, 1.82) is 0 Å². The van der Waals surface area contributed by atoms with Crippen LogP contribution >= 0.6 is 0 Å². The molecule has 2 heterocycles. The van der Waals surface area contributed by atoms with Crippen LogP contribution in [0, 0.1) is 0 Å². The van der Waals surface area contributed by atoms with Crippen molar-refractivity contribution in [3.63, 3.8) is 0 Å². The smallest absolute Gasteiger partial charge is 0.289 e. The van der Waals surface area contributed by atoms with E-state index in [0.29, 0.717) is 18.0 Å². The Balaban J connectivity index is 1.63. The van der Waals surface area contributed by atoms with Crippen LogP contribution in [0.2, 0.25) is 0 Å². The average molecular weight is 297 g/mol. The van der Waals surface area contributed by atoms with Crippen molar-refractivity contribution in [2.45, 2.75) is 26.2 Å². The van der Waals surface area contributed by atoms with E-state index in [1.807, 2.05) is 38.2 Å². The van der Waals surface area contributed by atoms with Gasteiger partial charge in [0.25, 0.3) is 5.91 Å². The van der Waals surface area contributed by atoms with Gasteiger partial charge >= 0.3 is 0 Å². The molecule has 22 heavy (non-hydrogen) atoms. The van der Waals surface area contributed by atoms with Crippen LogP contribution in [0.15, 0.2) is 41.3 Å². The minimum atomic E-state index is -0.207. The van der Waals surface area contributed by atoms with E-state index in [2.05, 4.69) is 21.4 Å². The molecule has 5 nitrogen and oxygen atoms in total. The third kappa shape index (κ3) is 2.74. The normalized spacial score (nSPS) is 11.2. The Morgan fingerprint density at radius 2 is 2.18 bits per heavy atom. The summed E-state index contributed by atoms with van der Waals surface area (Å²) in [6.07, 6.45) is 4.08. The number of benzene rings is 1. The monoisotopic (exact) mass is 297 g/mol. The molecule has 0 spiro atoms. The fraction of sp³-hybridized carbons (Fsp3) is 0.294. The Morgan fingerprint density at radius 1 is 1.36 bits per heavy atom. The standard InChI is InChI=1S/C17H19N3O2/c1-11(2)15-16(22-10-20-15)17(21)18-8-7-12-9-19-14-6-4-3-5-13(12)14/h3-6,9-11,19H,7-8H2,1-2H3,(H,18,21). The van der Waals surface area contributed by atoms with E-state index in [9.17, 15) is 4.79 Å². The molecule has 0 saturated carbocycles. The zero-order chi connectivity index (χ0) is 15.5. The molecule has 0 aliphatic carbocycles. The minimum absolute atomic E-state index is 0.160. The summed E-state index contributed by atoms with van der Waals surface area (Å²) in [5, 5.41) is 4.09. The molecule has 2 N–H and O–H groups in total. The summed E-state index contributed by atoms with van der Waals surface area (Å²) in [5.41, 5.74) is 3.00. The molecule has 0 bridgehead atoms. The number of H-pyrrole nitrogens is 1. The molecule has 3 rings (SSSR count). The van der Waals surface area contributed by atoms with Gasteiger partial charge in [0.15, 0.2) is 6.39 Å². The maximum absolute atomic E-state index is 12.2. The van der Waals surface area contributed by atoms with E-state index in [-0.39, 0.29) is 11.8 Å². The van der Waals surface area contributed by atoms with Crippen molar-refractivity contribution in [2.24, 2.45) is 0 Å². The Labute approximate surface area is 128 Å². The largest absolute Gasteiger partial charge is 0.438 e. The number of aromatic amines is 1. The highest BCUT2D eigenvalue weighted by atomic mass is 16.3. The first-order valence-corrected chi connectivity index (χ1v) is 7.43. The van der Waals surface area contributed by atoms with E-state index in [1.54, 1.807) is 0 Å². The van der Waals surface area contributed by atoms with Gasteiger partial charge < -0.3 is 14.7 Å². The fourth-order valence-corrected chi connectivity index (χ4v) is 2.57. The Kier molecular flexibility index (Phi) is 3.96. The van der Waals surface area contributed by atoms with Crippen molar-refractivity contribution in [1.82, 2.24) is 15.3 Å². The molecule has 2 aromatic heterocycles. The maximum atomic E-state index is 12.2. The van der Waals surface area contributed by atoms with Gasteiger partial charge in [-0.15, -0.1) is 0 Å². The highest BCUT2D eigenvalue weighted by Crippen LogP contribution is 2.19. The molecule has 0 fully saturated rings. The summed E-state index contributed by atoms with van der Waals surface area (Å²) in [6.45, 7) is 4.53. The predicted molar refractivity (Wildman–Crippen MR) is 84.9 cm³/mol. The number of para-hydroxylation sites is 1. The predicted octanol–water partition coefficient (Wildman–Crippen LogP) is 3.25. The third-order valence-electron chi connectivity index (χ3n) is 3.70. The van der Waals surface area contributed by atoms with Crippen LogP contribution in [-0.2, 0) is 6.42 Å². The van der Waals surface area contributed by atoms with Gasteiger partial charge in [-0.2, -0.15) is 0 Å². The number of fused-ring (bicyclic) bond motifs is 1. The lowest BCUT2D eigenvalue weighted by atomic mass is 10.1. The number of nitrogens with one attached hydrogen (secondary N) is 2. The number of nitrogens with zero attached hydrogens (tertiary/aromatic N) is 1. The summed E-state index contributed by atoms with van der Waals surface area (Å²) in [7, 11) is 0. The summed E-state index contributed by atoms with van der Waals surface area (Å²) < 4.78 is 5.22. The Bertz CT molecular complexity index is 786. The van der Waals surface area contributed by atoms with Gasteiger partial charge in [0, 0.05) is 23.6 Å². The van der Waals surface area contributed by atoms with Crippen molar-refractivity contribution < 1.29 is 9.21 Å². The molecular formula is C17H19N3O2. The average Bonchev–Trinajstić information content (AvgIpc) is 3.14. The lowest BCUT2D eigenvalue weighted by Crippen LogP contribution is -2.26. The SMILES string of the molecule is CC(C)c1ncoc1C(=O)NCCc1c[nH]c2ccccc12. The number of hydrogen-bond acceptors (Lipinski definition) is 3.